The van der Waals surface area contributed by atoms with E-state index in [0.29, 0.717) is 12.0 Å². The van der Waals surface area contributed by atoms with E-state index in [4.69, 9.17) is 4.74 Å². The van der Waals surface area contributed by atoms with Crippen LogP contribution in [0, 0.1) is 0 Å². The van der Waals surface area contributed by atoms with Gasteiger partial charge in [-0.1, -0.05) is 52.0 Å². The number of benzene rings is 1. The molecule has 92 valence electrons. The Hall–Kier alpha value is -0.820. The molecule has 1 heteroatoms. The second kappa shape index (κ2) is 8.35. The fraction of sp³-hybridized carbons (Fsp3) is 0.600. The summed E-state index contributed by atoms with van der Waals surface area (Å²) in [7, 11) is 0. The quantitative estimate of drug-likeness (QED) is 0.713. The third kappa shape index (κ3) is 5.92. The lowest BCUT2D eigenvalue weighted by molar-refractivity contribution is 0.0657. The molecule has 0 aliphatic heterocycles. The summed E-state index contributed by atoms with van der Waals surface area (Å²) < 4.78 is 5.53. The lowest BCUT2D eigenvalue weighted by Crippen LogP contribution is -2.02. The summed E-state index contributed by atoms with van der Waals surface area (Å²) in [6, 6.07) is 8.67. The van der Waals surface area contributed by atoms with Gasteiger partial charge in [0, 0.05) is 0 Å². The monoisotopic (exact) mass is 222 g/mol. The molecule has 0 fully saturated rings. The van der Waals surface area contributed by atoms with E-state index in [2.05, 4.69) is 52.0 Å². The van der Waals surface area contributed by atoms with Gasteiger partial charge in [-0.25, -0.2) is 0 Å². The maximum absolute atomic E-state index is 5.53. The molecular weight excluding hydrogens is 196 g/mol. The maximum atomic E-state index is 5.53. The van der Waals surface area contributed by atoms with Crippen LogP contribution in [0.25, 0.3) is 0 Å². The van der Waals surface area contributed by atoms with Gasteiger partial charge in [-0.15, -0.1) is 0 Å². The van der Waals surface area contributed by atoms with Gasteiger partial charge in [0.2, 0.25) is 0 Å². The fourth-order valence-corrected chi connectivity index (χ4v) is 1.26. The zero-order valence-electron chi connectivity index (χ0n) is 11.6. The molecule has 0 unspecified atom stereocenters. The van der Waals surface area contributed by atoms with Gasteiger partial charge < -0.3 is 4.74 Å². The molecule has 0 aliphatic rings. The summed E-state index contributed by atoms with van der Waals surface area (Å²) in [5, 5.41) is 0. The zero-order chi connectivity index (χ0) is 12.6. The molecule has 1 aromatic carbocycles. The van der Waals surface area contributed by atoms with Crippen LogP contribution in [0.1, 0.15) is 58.6 Å². The average molecular weight is 222 g/mol. The van der Waals surface area contributed by atoms with Crippen LogP contribution in [0.4, 0.5) is 0 Å². The highest BCUT2D eigenvalue weighted by atomic mass is 16.5. The third-order valence-electron chi connectivity index (χ3n) is 2.23. The van der Waals surface area contributed by atoms with Crippen molar-refractivity contribution in [1.82, 2.24) is 0 Å². The van der Waals surface area contributed by atoms with E-state index >= 15 is 0 Å². The Morgan fingerprint density at radius 3 is 1.81 bits per heavy atom. The average Bonchev–Trinajstić information content (AvgIpc) is 2.29. The Bertz CT molecular complexity index is 259. The Kier molecular flexibility index (Phi) is 7.92. The maximum Gasteiger partial charge on any atom is 0.0720 e. The van der Waals surface area contributed by atoms with E-state index in [1.54, 1.807) is 0 Å². The first-order chi connectivity index (χ1) is 7.59. The van der Waals surface area contributed by atoms with Gasteiger partial charge >= 0.3 is 0 Å². The Morgan fingerprint density at radius 1 is 0.938 bits per heavy atom. The number of rotatable bonds is 4. The van der Waals surface area contributed by atoms with E-state index in [9.17, 15) is 0 Å². The van der Waals surface area contributed by atoms with E-state index in [0.717, 1.165) is 6.61 Å². The van der Waals surface area contributed by atoms with Crippen molar-refractivity contribution in [1.29, 1.82) is 0 Å². The number of hydrogen-bond acceptors (Lipinski definition) is 1. The molecule has 0 N–H and O–H groups in total. The van der Waals surface area contributed by atoms with E-state index in [1.807, 2.05) is 13.8 Å². The van der Waals surface area contributed by atoms with Crippen molar-refractivity contribution in [2.45, 2.75) is 60.2 Å². The van der Waals surface area contributed by atoms with Gasteiger partial charge in [0.15, 0.2) is 0 Å². The fourth-order valence-electron chi connectivity index (χ4n) is 1.26. The first-order valence-corrected chi connectivity index (χ1v) is 6.30. The summed E-state index contributed by atoms with van der Waals surface area (Å²) >= 11 is 0. The molecule has 1 nitrogen and oxygen atoms in total. The van der Waals surface area contributed by atoms with Gasteiger partial charge in [0.05, 0.1) is 12.7 Å². The van der Waals surface area contributed by atoms with Gasteiger partial charge in [0.25, 0.3) is 0 Å². The lowest BCUT2D eigenvalue weighted by Gasteiger charge is -2.09. The second-order valence-corrected chi connectivity index (χ2v) is 4.26. The third-order valence-corrected chi connectivity index (χ3v) is 2.23. The predicted molar refractivity (Wildman–Crippen MR) is 71.8 cm³/mol. The topological polar surface area (TPSA) is 9.23 Å². The molecule has 0 bridgehead atoms. The van der Waals surface area contributed by atoms with Crippen molar-refractivity contribution in [2.75, 3.05) is 0 Å². The lowest BCUT2D eigenvalue weighted by atomic mass is 10.0. The molecule has 0 atom stereocenters. The van der Waals surface area contributed by atoms with E-state index in [-0.39, 0.29) is 0 Å². The van der Waals surface area contributed by atoms with Gasteiger partial charge in [-0.05, 0) is 30.9 Å². The minimum absolute atomic E-state index is 0.305. The summed E-state index contributed by atoms with van der Waals surface area (Å²) in [5.41, 5.74) is 2.64. The predicted octanol–water partition coefficient (Wildman–Crippen LogP) is 4.76. The van der Waals surface area contributed by atoms with Crippen molar-refractivity contribution in [3.05, 3.63) is 35.4 Å². The molecule has 0 heterocycles. The van der Waals surface area contributed by atoms with Crippen LogP contribution >= 0.6 is 0 Å². The van der Waals surface area contributed by atoms with Crippen LogP contribution in [-0.4, -0.2) is 6.10 Å². The van der Waals surface area contributed by atoms with Crippen molar-refractivity contribution in [3.8, 4) is 0 Å². The highest BCUT2D eigenvalue weighted by Crippen LogP contribution is 2.15. The highest BCUT2D eigenvalue weighted by Gasteiger charge is 1.99. The summed E-state index contributed by atoms with van der Waals surface area (Å²) in [6.07, 6.45) is 0.305. The molecule has 1 rings (SSSR count). The molecule has 0 aliphatic carbocycles. The van der Waals surface area contributed by atoms with Crippen molar-refractivity contribution >= 4 is 0 Å². The van der Waals surface area contributed by atoms with Gasteiger partial charge in [0.1, 0.15) is 0 Å². The molecular formula is C15H26O. The largest absolute Gasteiger partial charge is 0.374 e. The Morgan fingerprint density at radius 2 is 1.44 bits per heavy atom. The Labute approximate surface area is 101 Å². The minimum Gasteiger partial charge on any atom is -0.374 e. The first-order valence-electron chi connectivity index (χ1n) is 6.30. The van der Waals surface area contributed by atoms with Crippen molar-refractivity contribution in [2.24, 2.45) is 0 Å². The molecule has 0 saturated heterocycles. The summed E-state index contributed by atoms with van der Waals surface area (Å²) in [4.78, 5) is 0. The normalized spacial score (nSPS) is 10.2. The minimum atomic E-state index is 0.305. The van der Waals surface area contributed by atoms with E-state index in [1.165, 1.54) is 11.1 Å². The molecule has 0 spiro atoms. The smallest absolute Gasteiger partial charge is 0.0720 e. The van der Waals surface area contributed by atoms with Crippen molar-refractivity contribution < 1.29 is 4.74 Å². The Balaban J connectivity index is 0.00000106. The van der Waals surface area contributed by atoms with Crippen LogP contribution in [0.5, 0.6) is 0 Å². The summed E-state index contributed by atoms with van der Waals surface area (Å²) in [5.74, 6) is 0.607. The van der Waals surface area contributed by atoms with Crippen LogP contribution < -0.4 is 0 Å². The van der Waals surface area contributed by atoms with Gasteiger partial charge in [-0.3, -0.25) is 0 Å². The van der Waals surface area contributed by atoms with Crippen LogP contribution in [0.3, 0.4) is 0 Å². The second-order valence-electron chi connectivity index (χ2n) is 4.26. The van der Waals surface area contributed by atoms with E-state index < -0.39 is 0 Å². The molecule has 0 amide bonds. The van der Waals surface area contributed by atoms with Gasteiger partial charge in [-0.2, -0.15) is 0 Å². The molecule has 16 heavy (non-hydrogen) atoms. The SMILES string of the molecule is CC.CC(C)OCc1ccc(C(C)C)cc1. The zero-order valence-corrected chi connectivity index (χ0v) is 11.6. The van der Waals surface area contributed by atoms with Crippen LogP contribution in [0.15, 0.2) is 24.3 Å². The number of hydrogen-bond donors (Lipinski definition) is 0. The first kappa shape index (κ1) is 15.2. The molecule has 1 aromatic rings. The number of ether oxygens (including phenoxy) is 1. The molecule has 0 aromatic heterocycles. The molecule has 0 saturated carbocycles. The van der Waals surface area contributed by atoms with Crippen molar-refractivity contribution in [3.63, 3.8) is 0 Å². The van der Waals surface area contributed by atoms with Crippen LogP contribution in [0.2, 0.25) is 0 Å². The molecule has 0 radical (unpaired) electrons. The standard InChI is InChI=1S/C13H20O.C2H6/c1-10(2)13-7-5-12(6-8-13)9-14-11(3)4;1-2/h5-8,10-11H,9H2,1-4H3;1-2H3. The highest BCUT2D eigenvalue weighted by molar-refractivity contribution is 5.24. The summed E-state index contributed by atoms with van der Waals surface area (Å²) in [6.45, 7) is 13.3. The van der Waals surface area contributed by atoms with Crippen LogP contribution in [-0.2, 0) is 11.3 Å².